The number of aromatic nitrogens is 1. The number of pyridine rings is 1. The van der Waals surface area contributed by atoms with Gasteiger partial charge in [-0.15, -0.1) is 0 Å². The highest BCUT2D eigenvalue weighted by Crippen LogP contribution is 2.22. The Balaban J connectivity index is 1.89. The van der Waals surface area contributed by atoms with Crippen molar-refractivity contribution < 1.29 is 0 Å². The molecule has 0 aliphatic carbocycles. The fourth-order valence-corrected chi connectivity index (χ4v) is 2.58. The van der Waals surface area contributed by atoms with Gasteiger partial charge in [0, 0.05) is 11.8 Å². The minimum Gasteiger partial charge on any atom is -0.260 e. The van der Waals surface area contributed by atoms with Crippen molar-refractivity contribution in [2.45, 2.75) is 0 Å². The average molecular weight is 368 g/mol. The molecule has 3 nitrogen and oxygen atoms in total. The Kier molecular flexibility index (Phi) is 5.83. The SMILES string of the molecule is Clc1cnc(NN=C(/C=C/c2ccccc2)c2ccccc2)c(Cl)c1. The summed E-state index contributed by atoms with van der Waals surface area (Å²) >= 11 is 12.0. The van der Waals surface area contributed by atoms with E-state index in [0.717, 1.165) is 16.8 Å². The Labute approximate surface area is 156 Å². The van der Waals surface area contributed by atoms with Crippen LogP contribution in [0, 0.1) is 0 Å². The normalized spacial score (nSPS) is 11.7. The zero-order valence-electron chi connectivity index (χ0n) is 13.2. The molecule has 3 aromatic rings. The molecule has 0 saturated heterocycles. The van der Waals surface area contributed by atoms with E-state index in [-0.39, 0.29) is 0 Å². The molecule has 1 aromatic heterocycles. The molecule has 0 fully saturated rings. The summed E-state index contributed by atoms with van der Waals surface area (Å²) in [7, 11) is 0. The first-order valence-corrected chi connectivity index (χ1v) is 8.41. The maximum Gasteiger partial charge on any atom is 0.165 e. The van der Waals surface area contributed by atoms with Gasteiger partial charge in [-0.3, -0.25) is 5.43 Å². The molecule has 0 radical (unpaired) electrons. The molecule has 0 atom stereocenters. The Morgan fingerprint density at radius 2 is 1.64 bits per heavy atom. The van der Waals surface area contributed by atoms with Crippen molar-refractivity contribution >= 4 is 40.8 Å². The number of benzene rings is 2. The van der Waals surface area contributed by atoms with Gasteiger partial charge in [0.15, 0.2) is 5.82 Å². The van der Waals surface area contributed by atoms with E-state index in [4.69, 9.17) is 23.2 Å². The molecule has 5 heteroatoms. The summed E-state index contributed by atoms with van der Waals surface area (Å²) in [6.45, 7) is 0. The minimum atomic E-state index is 0.413. The number of anilines is 1. The van der Waals surface area contributed by atoms with Gasteiger partial charge in [0.05, 0.1) is 15.8 Å². The number of hydrazone groups is 1. The van der Waals surface area contributed by atoms with Crippen LogP contribution in [0.1, 0.15) is 11.1 Å². The molecular formula is C20H15Cl2N3. The van der Waals surface area contributed by atoms with Crippen LogP contribution in [0.25, 0.3) is 6.08 Å². The molecule has 0 unspecified atom stereocenters. The number of allylic oxidation sites excluding steroid dienone is 1. The third-order valence-electron chi connectivity index (χ3n) is 3.39. The van der Waals surface area contributed by atoms with E-state index in [1.165, 1.54) is 6.20 Å². The van der Waals surface area contributed by atoms with Crippen LogP contribution in [0.2, 0.25) is 10.0 Å². The van der Waals surface area contributed by atoms with E-state index >= 15 is 0 Å². The molecule has 1 heterocycles. The number of nitrogens with zero attached hydrogens (tertiary/aromatic N) is 2. The molecule has 1 N–H and O–H groups in total. The molecule has 0 aliphatic rings. The molecule has 0 spiro atoms. The zero-order valence-corrected chi connectivity index (χ0v) is 14.7. The molecule has 3 rings (SSSR count). The minimum absolute atomic E-state index is 0.413. The van der Waals surface area contributed by atoms with Gasteiger partial charge in [0.2, 0.25) is 0 Å². The van der Waals surface area contributed by atoms with Crippen molar-refractivity contribution in [1.29, 1.82) is 0 Å². The lowest BCUT2D eigenvalue weighted by atomic mass is 10.1. The smallest absolute Gasteiger partial charge is 0.165 e. The molecule has 25 heavy (non-hydrogen) atoms. The molecule has 0 bridgehead atoms. The predicted octanol–water partition coefficient (Wildman–Crippen LogP) is 5.92. The van der Waals surface area contributed by atoms with Crippen LogP contribution < -0.4 is 5.43 Å². The Hall–Kier alpha value is -2.62. The van der Waals surface area contributed by atoms with Crippen LogP contribution >= 0.6 is 23.2 Å². The molecule has 0 aliphatic heterocycles. The van der Waals surface area contributed by atoms with Crippen LogP contribution in [-0.4, -0.2) is 10.7 Å². The maximum atomic E-state index is 6.14. The van der Waals surface area contributed by atoms with Gasteiger partial charge in [-0.05, 0) is 17.7 Å². The van der Waals surface area contributed by atoms with Gasteiger partial charge >= 0.3 is 0 Å². The first kappa shape index (κ1) is 17.2. The summed E-state index contributed by atoms with van der Waals surface area (Å²) in [5, 5.41) is 5.35. The van der Waals surface area contributed by atoms with Crippen LogP contribution in [0.5, 0.6) is 0 Å². The van der Waals surface area contributed by atoms with Crippen LogP contribution in [-0.2, 0) is 0 Å². The number of hydrogen-bond acceptors (Lipinski definition) is 3. The Morgan fingerprint density at radius 3 is 2.32 bits per heavy atom. The summed E-state index contributed by atoms with van der Waals surface area (Å²) in [5.41, 5.74) is 5.74. The van der Waals surface area contributed by atoms with Gasteiger partial charge in [0.1, 0.15) is 0 Å². The predicted molar refractivity (Wildman–Crippen MR) is 106 cm³/mol. The fraction of sp³-hybridized carbons (Fsp3) is 0. The summed E-state index contributed by atoms with van der Waals surface area (Å²) in [5.74, 6) is 0.451. The zero-order chi connectivity index (χ0) is 17.5. The second kappa shape index (κ2) is 8.47. The van der Waals surface area contributed by atoms with Crippen molar-refractivity contribution in [3.8, 4) is 0 Å². The van der Waals surface area contributed by atoms with Crippen molar-refractivity contribution in [1.82, 2.24) is 4.98 Å². The third kappa shape index (κ3) is 4.92. The van der Waals surface area contributed by atoms with Crippen LogP contribution in [0.15, 0.2) is 84.1 Å². The van der Waals surface area contributed by atoms with Crippen LogP contribution in [0.3, 0.4) is 0 Å². The Morgan fingerprint density at radius 1 is 0.960 bits per heavy atom. The van der Waals surface area contributed by atoms with Crippen molar-refractivity contribution in [3.63, 3.8) is 0 Å². The van der Waals surface area contributed by atoms with Crippen molar-refractivity contribution in [2.24, 2.45) is 5.10 Å². The molecule has 0 amide bonds. The van der Waals surface area contributed by atoms with Gasteiger partial charge in [-0.2, -0.15) is 5.10 Å². The number of halogens is 2. The van der Waals surface area contributed by atoms with E-state index < -0.39 is 0 Å². The highest BCUT2D eigenvalue weighted by atomic mass is 35.5. The second-order valence-corrected chi connectivity index (χ2v) is 6.05. The van der Waals surface area contributed by atoms with Gasteiger partial charge in [0.25, 0.3) is 0 Å². The monoisotopic (exact) mass is 367 g/mol. The number of hydrogen-bond donors (Lipinski definition) is 1. The summed E-state index contributed by atoms with van der Waals surface area (Å²) < 4.78 is 0. The first-order chi connectivity index (χ1) is 12.2. The lowest BCUT2D eigenvalue weighted by Crippen LogP contribution is -2.02. The molecule has 0 saturated carbocycles. The van der Waals surface area contributed by atoms with E-state index in [1.54, 1.807) is 6.07 Å². The third-order valence-corrected chi connectivity index (χ3v) is 3.89. The van der Waals surface area contributed by atoms with Crippen LogP contribution in [0.4, 0.5) is 5.82 Å². The number of rotatable bonds is 5. The molecule has 124 valence electrons. The Bertz CT molecular complexity index is 891. The maximum absolute atomic E-state index is 6.14. The van der Waals surface area contributed by atoms with Gasteiger partial charge in [-0.1, -0.05) is 89.9 Å². The quantitative estimate of drug-likeness (QED) is 0.448. The molecule has 2 aromatic carbocycles. The van der Waals surface area contributed by atoms with Crippen molar-refractivity contribution in [3.05, 3.63) is 100 Å². The summed E-state index contributed by atoms with van der Waals surface area (Å²) in [6, 6.07) is 21.5. The van der Waals surface area contributed by atoms with Crippen molar-refractivity contribution in [2.75, 3.05) is 5.43 Å². The fourth-order valence-electron chi connectivity index (χ4n) is 2.16. The lowest BCUT2D eigenvalue weighted by molar-refractivity contribution is 1.22. The highest BCUT2D eigenvalue weighted by Gasteiger charge is 2.04. The lowest BCUT2D eigenvalue weighted by Gasteiger charge is -2.06. The summed E-state index contributed by atoms with van der Waals surface area (Å²) in [4.78, 5) is 4.16. The largest absolute Gasteiger partial charge is 0.260 e. The molecular weight excluding hydrogens is 353 g/mol. The standard InChI is InChI=1S/C20H15Cl2N3/c21-17-13-18(22)20(23-14-17)25-24-19(16-9-5-2-6-10-16)12-11-15-7-3-1-4-8-15/h1-14H,(H,23,25)/b12-11+,24-19?. The summed E-state index contributed by atoms with van der Waals surface area (Å²) in [6.07, 6.45) is 5.47. The van der Waals surface area contributed by atoms with Gasteiger partial charge in [-0.25, -0.2) is 4.98 Å². The van der Waals surface area contributed by atoms with E-state index in [2.05, 4.69) is 15.5 Å². The van der Waals surface area contributed by atoms with E-state index in [1.807, 2.05) is 72.8 Å². The average Bonchev–Trinajstić information content (AvgIpc) is 2.65. The second-order valence-electron chi connectivity index (χ2n) is 5.20. The first-order valence-electron chi connectivity index (χ1n) is 7.66. The van der Waals surface area contributed by atoms with E-state index in [0.29, 0.717) is 15.9 Å². The van der Waals surface area contributed by atoms with Gasteiger partial charge < -0.3 is 0 Å². The number of nitrogens with one attached hydrogen (secondary N) is 1. The highest BCUT2D eigenvalue weighted by molar-refractivity contribution is 6.36. The van der Waals surface area contributed by atoms with E-state index in [9.17, 15) is 0 Å². The topological polar surface area (TPSA) is 37.3 Å².